The molecule has 0 saturated carbocycles. The first-order valence-electron chi connectivity index (χ1n) is 6.93. The summed E-state index contributed by atoms with van der Waals surface area (Å²) in [4.78, 5) is 4.55. The monoisotopic (exact) mass is 251 g/mol. The lowest BCUT2D eigenvalue weighted by atomic mass is 9.82. The van der Waals surface area contributed by atoms with Crippen molar-refractivity contribution in [2.24, 2.45) is 5.92 Å². The van der Waals surface area contributed by atoms with E-state index in [1.807, 2.05) is 12.3 Å². The van der Waals surface area contributed by atoms with Gasteiger partial charge in [0.25, 0.3) is 0 Å². The fourth-order valence-corrected chi connectivity index (χ4v) is 3.45. The van der Waals surface area contributed by atoms with E-state index in [2.05, 4.69) is 52.0 Å². The van der Waals surface area contributed by atoms with E-state index < -0.39 is 0 Å². The molecule has 0 radical (unpaired) electrons. The van der Waals surface area contributed by atoms with Crippen molar-refractivity contribution in [3.63, 3.8) is 0 Å². The van der Waals surface area contributed by atoms with Gasteiger partial charge in [0.15, 0.2) is 0 Å². The minimum Gasteiger partial charge on any atom is -0.376 e. The molecule has 19 heavy (non-hydrogen) atoms. The molecule has 2 aromatic rings. The number of anilines is 1. The first-order chi connectivity index (χ1) is 9.43. The number of hydrogen-bond donors (Lipinski definition) is 2. The molecule has 1 fully saturated rings. The van der Waals surface area contributed by atoms with Crippen LogP contribution in [0, 0.1) is 5.92 Å². The van der Waals surface area contributed by atoms with Crippen LogP contribution in [0.1, 0.15) is 29.8 Å². The molecule has 2 aliphatic rings. The molecule has 0 spiro atoms. The van der Waals surface area contributed by atoms with Crippen LogP contribution in [0.4, 0.5) is 5.69 Å². The zero-order chi connectivity index (χ0) is 12.7. The number of rotatable bonds is 1. The summed E-state index contributed by atoms with van der Waals surface area (Å²) in [5, 5.41) is 7.33. The topological polar surface area (TPSA) is 37.0 Å². The number of hydrogen-bond acceptors (Lipinski definition) is 3. The average molecular weight is 251 g/mol. The minimum absolute atomic E-state index is 0.316. The Bertz CT molecular complexity index is 582. The second-order valence-corrected chi connectivity index (χ2v) is 5.35. The third-order valence-corrected chi connectivity index (χ3v) is 4.31. The Morgan fingerprint density at radius 1 is 1.00 bits per heavy atom. The average Bonchev–Trinajstić information content (AvgIpc) is 2.97. The van der Waals surface area contributed by atoms with E-state index in [4.69, 9.17) is 0 Å². The van der Waals surface area contributed by atoms with Gasteiger partial charge in [-0.05, 0) is 36.7 Å². The molecule has 4 rings (SSSR count). The van der Waals surface area contributed by atoms with Crippen molar-refractivity contribution in [2.75, 3.05) is 11.9 Å². The number of fused-ring (bicyclic) bond motifs is 3. The van der Waals surface area contributed by atoms with Gasteiger partial charge < -0.3 is 10.6 Å². The van der Waals surface area contributed by atoms with Gasteiger partial charge in [-0.3, -0.25) is 4.98 Å². The molecule has 1 aromatic carbocycles. The van der Waals surface area contributed by atoms with Crippen LogP contribution in [0.15, 0.2) is 48.7 Å². The van der Waals surface area contributed by atoms with Crippen LogP contribution in [0.2, 0.25) is 0 Å². The highest BCUT2D eigenvalue weighted by Crippen LogP contribution is 2.46. The molecule has 2 N–H and O–H groups in total. The highest BCUT2D eigenvalue weighted by atomic mass is 15.1. The van der Waals surface area contributed by atoms with Gasteiger partial charge in [0, 0.05) is 23.8 Å². The van der Waals surface area contributed by atoms with E-state index in [-0.39, 0.29) is 0 Å². The largest absolute Gasteiger partial charge is 0.376 e. The third-order valence-electron chi connectivity index (χ3n) is 4.31. The molecular formula is C16H17N3. The highest BCUT2D eigenvalue weighted by Gasteiger charge is 2.40. The molecule has 96 valence electrons. The first-order valence-corrected chi connectivity index (χ1v) is 6.93. The second kappa shape index (κ2) is 4.35. The standard InChI is InChI=1S/C16H17N3/c1-2-6-13-11(5-1)15-12(8-10-18-15)16(19-13)14-7-3-4-9-17-14/h1-7,9,12,15-16,18-19H,8,10H2. The van der Waals surface area contributed by atoms with Gasteiger partial charge in [0.05, 0.1) is 11.7 Å². The Morgan fingerprint density at radius 2 is 1.89 bits per heavy atom. The van der Waals surface area contributed by atoms with Gasteiger partial charge in [-0.25, -0.2) is 0 Å². The SMILES string of the molecule is c1ccc(C2Nc3ccccc3C3NCCC23)nc1. The maximum Gasteiger partial charge on any atom is 0.0732 e. The van der Waals surface area contributed by atoms with Gasteiger partial charge in [-0.1, -0.05) is 24.3 Å². The van der Waals surface area contributed by atoms with Crippen molar-refractivity contribution in [1.82, 2.24) is 10.3 Å². The maximum absolute atomic E-state index is 4.55. The van der Waals surface area contributed by atoms with Crippen molar-refractivity contribution in [3.05, 3.63) is 59.9 Å². The predicted molar refractivity (Wildman–Crippen MR) is 75.9 cm³/mol. The van der Waals surface area contributed by atoms with Gasteiger partial charge >= 0.3 is 0 Å². The lowest BCUT2D eigenvalue weighted by Crippen LogP contribution is -2.32. The zero-order valence-corrected chi connectivity index (χ0v) is 10.7. The van der Waals surface area contributed by atoms with E-state index in [0.29, 0.717) is 18.0 Å². The van der Waals surface area contributed by atoms with E-state index in [0.717, 1.165) is 12.2 Å². The molecule has 3 unspecified atom stereocenters. The van der Waals surface area contributed by atoms with Gasteiger partial charge in [0.1, 0.15) is 0 Å². The summed E-state index contributed by atoms with van der Waals surface area (Å²) in [6.07, 6.45) is 3.09. The van der Waals surface area contributed by atoms with Gasteiger partial charge in [-0.15, -0.1) is 0 Å². The van der Waals surface area contributed by atoms with Crippen LogP contribution in [0.25, 0.3) is 0 Å². The molecule has 0 bridgehead atoms. The molecule has 2 aliphatic heterocycles. The molecule has 0 aliphatic carbocycles. The Kier molecular flexibility index (Phi) is 2.52. The second-order valence-electron chi connectivity index (χ2n) is 5.35. The molecule has 3 heterocycles. The number of benzene rings is 1. The molecule has 0 amide bonds. The number of nitrogens with zero attached hydrogens (tertiary/aromatic N) is 1. The summed E-state index contributed by atoms with van der Waals surface area (Å²) >= 11 is 0. The van der Waals surface area contributed by atoms with Crippen molar-refractivity contribution in [2.45, 2.75) is 18.5 Å². The molecule has 3 nitrogen and oxygen atoms in total. The Balaban J connectivity index is 1.79. The van der Waals surface area contributed by atoms with Crippen LogP contribution in [0.5, 0.6) is 0 Å². The maximum atomic E-state index is 4.55. The fraction of sp³-hybridized carbons (Fsp3) is 0.312. The van der Waals surface area contributed by atoms with Crippen LogP contribution >= 0.6 is 0 Å². The smallest absolute Gasteiger partial charge is 0.0732 e. The van der Waals surface area contributed by atoms with Crippen molar-refractivity contribution < 1.29 is 0 Å². The minimum atomic E-state index is 0.316. The van der Waals surface area contributed by atoms with Crippen LogP contribution in [0.3, 0.4) is 0 Å². The summed E-state index contributed by atoms with van der Waals surface area (Å²) in [6, 6.07) is 15.6. The zero-order valence-electron chi connectivity index (χ0n) is 10.7. The van der Waals surface area contributed by atoms with Crippen molar-refractivity contribution in [1.29, 1.82) is 0 Å². The third kappa shape index (κ3) is 1.73. The fourth-order valence-electron chi connectivity index (χ4n) is 3.45. The molecule has 3 atom stereocenters. The van der Waals surface area contributed by atoms with Crippen LogP contribution < -0.4 is 10.6 Å². The molecule has 3 heteroatoms. The summed E-state index contributed by atoms with van der Waals surface area (Å²) in [5.41, 5.74) is 3.79. The van der Waals surface area contributed by atoms with Gasteiger partial charge in [0.2, 0.25) is 0 Å². The van der Waals surface area contributed by atoms with Crippen molar-refractivity contribution in [3.8, 4) is 0 Å². The summed E-state index contributed by atoms with van der Waals surface area (Å²) in [5.74, 6) is 0.588. The molecular weight excluding hydrogens is 234 g/mol. The Labute approximate surface area is 113 Å². The summed E-state index contributed by atoms with van der Waals surface area (Å²) in [6.45, 7) is 1.09. The van der Waals surface area contributed by atoms with Gasteiger partial charge in [-0.2, -0.15) is 0 Å². The molecule has 1 aromatic heterocycles. The quantitative estimate of drug-likeness (QED) is 0.818. The molecule has 1 saturated heterocycles. The number of para-hydroxylation sites is 1. The van der Waals surface area contributed by atoms with E-state index >= 15 is 0 Å². The van der Waals surface area contributed by atoms with Crippen LogP contribution in [-0.4, -0.2) is 11.5 Å². The van der Waals surface area contributed by atoms with E-state index in [9.17, 15) is 0 Å². The highest BCUT2D eigenvalue weighted by molar-refractivity contribution is 5.57. The van der Waals surface area contributed by atoms with Crippen LogP contribution in [-0.2, 0) is 0 Å². The number of pyridine rings is 1. The van der Waals surface area contributed by atoms with E-state index in [1.54, 1.807) is 0 Å². The normalized spacial score (nSPS) is 28.3. The van der Waals surface area contributed by atoms with Crippen molar-refractivity contribution >= 4 is 5.69 Å². The lowest BCUT2D eigenvalue weighted by Gasteiger charge is -2.36. The lowest BCUT2D eigenvalue weighted by molar-refractivity contribution is 0.386. The Hall–Kier alpha value is -1.87. The number of nitrogens with one attached hydrogen (secondary N) is 2. The number of aromatic nitrogens is 1. The summed E-state index contributed by atoms with van der Waals surface area (Å²) in [7, 11) is 0. The predicted octanol–water partition coefficient (Wildman–Crippen LogP) is 2.90. The summed E-state index contributed by atoms with van der Waals surface area (Å²) < 4.78 is 0. The Morgan fingerprint density at radius 3 is 2.79 bits per heavy atom. The first kappa shape index (κ1) is 11.0. The van der Waals surface area contributed by atoms with E-state index in [1.165, 1.54) is 17.7 Å².